The molecule has 1 aliphatic rings. The Bertz CT molecular complexity index is 566. The van der Waals surface area contributed by atoms with Crippen molar-refractivity contribution in [2.24, 2.45) is 0 Å². The van der Waals surface area contributed by atoms with Gasteiger partial charge in [-0.15, -0.1) is 11.3 Å². The summed E-state index contributed by atoms with van der Waals surface area (Å²) in [5.74, 6) is -1.13. The van der Waals surface area contributed by atoms with Crippen LogP contribution in [0.4, 0.5) is 0 Å². The maximum Gasteiger partial charge on any atom is 0.328 e. The van der Waals surface area contributed by atoms with E-state index in [2.05, 4.69) is 0 Å². The molecule has 21 heavy (non-hydrogen) atoms. The molecular formula is C14H17NO5S. The van der Waals surface area contributed by atoms with Gasteiger partial charge in [-0.2, -0.15) is 0 Å². The number of aliphatic hydroxyl groups excluding tert-OH is 1. The summed E-state index contributed by atoms with van der Waals surface area (Å²) in [6.45, 7) is 3.00. The first kappa shape index (κ1) is 15.7. The van der Waals surface area contributed by atoms with Crippen molar-refractivity contribution in [2.75, 3.05) is 26.3 Å². The minimum absolute atomic E-state index is 0.111. The molecule has 0 aromatic carbocycles. The minimum atomic E-state index is -1.02. The Balaban J connectivity index is 2.12. The molecule has 1 fully saturated rings. The van der Waals surface area contributed by atoms with Gasteiger partial charge in [0.15, 0.2) is 0 Å². The molecule has 2 N–H and O–H groups in total. The molecule has 114 valence electrons. The second-order valence-corrected chi connectivity index (χ2v) is 5.84. The predicted octanol–water partition coefficient (Wildman–Crippen LogP) is 0.988. The number of carbonyl (C=O) groups excluding carboxylic acids is 1. The van der Waals surface area contributed by atoms with E-state index in [4.69, 9.17) is 14.9 Å². The van der Waals surface area contributed by atoms with Crippen LogP contribution in [0.1, 0.15) is 20.1 Å². The van der Waals surface area contributed by atoms with E-state index in [-0.39, 0.29) is 18.6 Å². The molecule has 1 atom stereocenters. The molecule has 0 spiro atoms. The molecule has 2 heterocycles. The number of ether oxygens (including phenoxy) is 1. The number of hydrogen-bond donors (Lipinski definition) is 2. The highest BCUT2D eigenvalue weighted by atomic mass is 32.1. The van der Waals surface area contributed by atoms with Gasteiger partial charge in [0.1, 0.15) is 0 Å². The first-order valence-corrected chi connectivity index (χ1v) is 7.36. The van der Waals surface area contributed by atoms with E-state index < -0.39 is 5.97 Å². The van der Waals surface area contributed by atoms with Crippen LogP contribution in [0.15, 0.2) is 12.1 Å². The van der Waals surface area contributed by atoms with Crippen LogP contribution in [-0.4, -0.2) is 59.4 Å². The second kappa shape index (κ2) is 6.84. The Morgan fingerprint density at radius 1 is 1.57 bits per heavy atom. The smallest absolute Gasteiger partial charge is 0.328 e. The number of rotatable bonds is 4. The predicted molar refractivity (Wildman–Crippen MR) is 78.5 cm³/mol. The van der Waals surface area contributed by atoms with Gasteiger partial charge >= 0.3 is 5.97 Å². The van der Waals surface area contributed by atoms with Gasteiger partial charge in [-0.05, 0) is 24.6 Å². The molecule has 1 unspecified atom stereocenters. The third-order valence-electron chi connectivity index (χ3n) is 3.17. The van der Waals surface area contributed by atoms with Crippen molar-refractivity contribution in [1.29, 1.82) is 0 Å². The number of hydrogen-bond acceptors (Lipinski definition) is 5. The van der Waals surface area contributed by atoms with Gasteiger partial charge in [0.2, 0.25) is 0 Å². The molecule has 1 saturated heterocycles. The summed E-state index contributed by atoms with van der Waals surface area (Å²) < 4.78 is 5.32. The third kappa shape index (κ3) is 3.90. The fourth-order valence-electron chi connectivity index (χ4n) is 2.08. The summed E-state index contributed by atoms with van der Waals surface area (Å²) in [5, 5.41) is 17.8. The Morgan fingerprint density at radius 2 is 2.33 bits per heavy atom. The van der Waals surface area contributed by atoms with Crippen molar-refractivity contribution in [1.82, 2.24) is 4.90 Å². The Hall–Kier alpha value is -1.70. The number of aliphatic hydroxyl groups is 1. The molecule has 6 nitrogen and oxygen atoms in total. The molecule has 1 aliphatic heterocycles. The number of carbonyl (C=O) groups is 2. The van der Waals surface area contributed by atoms with Gasteiger partial charge in [0, 0.05) is 24.0 Å². The quantitative estimate of drug-likeness (QED) is 0.810. The summed E-state index contributed by atoms with van der Waals surface area (Å²) in [5.41, 5.74) is 0.868. The number of aliphatic carboxylic acids is 1. The summed E-state index contributed by atoms with van der Waals surface area (Å²) in [7, 11) is 0. The third-order valence-corrected chi connectivity index (χ3v) is 4.36. The van der Waals surface area contributed by atoms with Crippen molar-refractivity contribution in [3.8, 4) is 0 Å². The Morgan fingerprint density at radius 3 is 3.00 bits per heavy atom. The zero-order chi connectivity index (χ0) is 15.4. The molecule has 0 aliphatic carbocycles. The van der Waals surface area contributed by atoms with E-state index in [0.29, 0.717) is 24.6 Å². The lowest BCUT2D eigenvalue weighted by atomic mass is 10.2. The number of carboxylic acid groups (broad SMARTS) is 1. The van der Waals surface area contributed by atoms with E-state index in [0.717, 1.165) is 16.5 Å². The van der Waals surface area contributed by atoms with E-state index in [1.165, 1.54) is 17.4 Å². The first-order chi connectivity index (χ1) is 10.0. The van der Waals surface area contributed by atoms with Crippen LogP contribution < -0.4 is 0 Å². The van der Waals surface area contributed by atoms with Crippen molar-refractivity contribution in [3.05, 3.63) is 27.5 Å². The van der Waals surface area contributed by atoms with E-state index in [1.54, 1.807) is 11.0 Å². The maximum atomic E-state index is 12.4. The molecule has 0 radical (unpaired) electrons. The molecule has 7 heteroatoms. The van der Waals surface area contributed by atoms with Crippen LogP contribution in [0.5, 0.6) is 0 Å². The van der Waals surface area contributed by atoms with Gasteiger partial charge < -0.3 is 19.8 Å². The SMILES string of the molecule is Cc1cc(C(=O)N2CCOC(CO)C2)sc1/C=C/C(=O)O. The van der Waals surface area contributed by atoms with Gasteiger partial charge in [-0.25, -0.2) is 4.79 Å². The lowest BCUT2D eigenvalue weighted by Gasteiger charge is -2.31. The highest BCUT2D eigenvalue weighted by molar-refractivity contribution is 7.15. The van der Waals surface area contributed by atoms with Gasteiger partial charge in [-0.3, -0.25) is 4.79 Å². The number of morpholine rings is 1. The number of aryl methyl sites for hydroxylation is 1. The highest BCUT2D eigenvalue weighted by Crippen LogP contribution is 2.25. The standard InChI is InChI=1S/C14H17NO5S/c1-9-6-12(21-11(9)2-3-13(17)18)14(19)15-4-5-20-10(7-15)8-16/h2-3,6,10,16H,4-5,7-8H2,1H3,(H,17,18)/b3-2+. The van der Waals surface area contributed by atoms with Crippen LogP contribution in [0, 0.1) is 6.92 Å². The normalized spacial score (nSPS) is 19.1. The van der Waals surface area contributed by atoms with Crippen molar-refractivity contribution in [3.63, 3.8) is 0 Å². The first-order valence-electron chi connectivity index (χ1n) is 6.54. The van der Waals surface area contributed by atoms with Crippen molar-refractivity contribution >= 4 is 29.3 Å². The van der Waals surface area contributed by atoms with Crippen molar-refractivity contribution < 1.29 is 24.5 Å². The van der Waals surface area contributed by atoms with E-state index in [1.807, 2.05) is 6.92 Å². The topological polar surface area (TPSA) is 87.1 Å². The largest absolute Gasteiger partial charge is 0.478 e. The number of nitrogens with zero attached hydrogens (tertiary/aromatic N) is 1. The Labute approximate surface area is 126 Å². The average Bonchev–Trinajstić information content (AvgIpc) is 2.85. The van der Waals surface area contributed by atoms with Gasteiger partial charge in [-0.1, -0.05) is 0 Å². The summed E-state index contributed by atoms with van der Waals surface area (Å²) in [6.07, 6.45) is 2.22. The summed E-state index contributed by atoms with van der Waals surface area (Å²) in [4.78, 5) is 25.9. The summed E-state index contributed by atoms with van der Waals surface area (Å²) >= 11 is 1.27. The van der Waals surface area contributed by atoms with Gasteiger partial charge in [0.05, 0.1) is 24.2 Å². The van der Waals surface area contributed by atoms with Crippen LogP contribution in [0.25, 0.3) is 6.08 Å². The summed E-state index contributed by atoms with van der Waals surface area (Å²) in [6, 6.07) is 1.76. The number of amides is 1. The highest BCUT2D eigenvalue weighted by Gasteiger charge is 2.25. The van der Waals surface area contributed by atoms with Crippen LogP contribution in [-0.2, 0) is 9.53 Å². The van der Waals surface area contributed by atoms with E-state index in [9.17, 15) is 9.59 Å². The fraction of sp³-hybridized carbons (Fsp3) is 0.429. The van der Waals surface area contributed by atoms with Gasteiger partial charge in [0.25, 0.3) is 5.91 Å². The maximum absolute atomic E-state index is 12.4. The zero-order valence-electron chi connectivity index (χ0n) is 11.6. The van der Waals surface area contributed by atoms with Crippen LogP contribution in [0.2, 0.25) is 0 Å². The second-order valence-electron chi connectivity index (χ2n) is 4.76. The molecule has 1 amide bonds. The molecule has 0 saturated carbocycles. The number of thiophene rings is 1. The van der Waals surface area contributed by atoms with Crippen LogP contribution in [0.3, 0.4) is 0 Å². The number of carboxylic acids is 1. The minimum Gasteiger partial charge on any atom is -0.478 e. The zero-order valence-corrected chi connectivity index (χ0v) is 12.4. The van der Waals surface area contributed by atoms with Crippen molar-refractivity contribution in [2.45, 2.75) is 13.0 Å². The molecule has 1 aromatic rings. The molecule has 2 rings (SSSR count). The molecule has 1 aromatic heterocycles. The molecular weight excluding hydrogens is 294 g/mol. The fourth-order valence-corrected chi connectivity index (χ4v) is 3.13. The monoisotopic (exact) mass is 311 g/mol. The lowest BCUT2D eigenvalue weighted by Crippen LogP contribution is -2.46. The van der Waals surface area contributed by atoms with E-state index >= 15 is 0 Å². The lowest BCUT2D eigenvalue weighted by molar-refractivity contribution is -0.131. The van der Waals surface area contributed by atoms with Crippen LogP contribution >= 0.6 is 11.3 Å². The molecule has 0 bridgehead atoms. The Kier molecular flexibility index (Phi) is 5.11. The average molecular weight is 311 g/mol.